The van der Waals surface area contributed by atoms with Crippen molar-refractivity contribution in [3.05, 3.63) is 42.2 Å². The van der Waals surface area contributed by atoms with Crippen LogP contribution >= 0.6 is 0 Å². The Kier molecular flexibility index (Phi) is 12.1. The minimum absolute atomic E-state index is 0.0249. The molecule has 0 bridgehead atoms. The Morgan fingerprint density at radius 1 is 0.806 bits per heavy atom. The van der Waals surface area contributed by atoms with E-state index in [0.29, 0.717) is 11.6 Å². The van der Waals surface area contributed by atoms with Crippen molar-refractivity contribution in [1.29, 1.82) is 0 Å². The fourth-order valence-corrected chi connectivity index (χ4v) is 3.55. The molecule has 3 nitrogen and oxygen atoms in total. The second-order valence-electron chi connectivity index (χ2n) is 8.24. The quantitative estimate of drug-likeness (QED) is 0.255. The summed E-state index contributed by atoms with van der Waals surface area (Å²) < 4.78 is 32.2. The first-order valence-electron chi connectivity index (χ1n) is 12.0. The first kappa shape index (κ1) is 25.2. The van der Waals surface area contributed by atoms with Gasteiger partial charge < -0.3 is 4.74 Å². The van der Waals surface area contributed by atoms with Gasteiger partial charge in [-0.3, -0.25) is 0 Å². The SMILES string of the molecule is CCCCCCCCCCc1ccc(-c2ncc(OCCC(F)C(F)CC)cn2)cc1. The summed E-state index contributed by atoms with van der Waals surface area (Å²) in [4.78, 5) is 8.68. The molecule has 172 valence electrons. The zero-order valence-corrected chi connectivity index (χ0v) is 19.2. The highest BCUT2D eigenvalue weighted by Crippen LogP contribution is 2.19. The monoisotopic (exact) mass is 432 g/mol. The molecule has 0 saturated heterocycles. The summed E-state index contributed by atoms with van der Waals surface area (Å²) in [5, 5.41) is 0. The van der Waals surface area contributed by atoms with Gasteiger partial charge in [-0.1, -0.05) is 83.1 Å². The Hall–Kier alpha value is -2.04. The minimum atomic E-state index is -1.49. The summed E-state index contributed by atoms with van der Waals surface area (Å²) in [6.45, 7) is 4.00. The van der Waals surface area contributed by atoms with Crippen molar-refractivity contribution in [2.24, 2.45) is 0 Å². The molecule has 0 saturated carbocycles. The summed E-state index contributed by atoms with van der Waals surface area (Å²) in [6, 6.07) is 8.39. The van der Waals surface area contributed by atoms with Gasteiger partial charge in [0.2, 0.25) is 0 Å². The highest BCUT2D eigenvalue weighted by molar-refractivity contribution is 5.55. The number of benzene rings is 1. The summed E-state index contributed by atoms with van der Waals surface area (Å²) in [5.74, 6) is 1.10. The molecule has 2 rings (SSSR count). The maximum absolute atomic E-state index is 13.5. The molecule has 0 aliphatic rings. The molecule has 31 heavy (non-hydrogen) atoms. The van der Waals surface area contributed by atoms with Gasteiger partial charge >= 0.3 is 0 Å². The average molecular weight is 433 g/mol. The van der Waals surface area contributed by atoms with E-state index in [1.807, 2.05) is 0 Å². The normalized spacial score (nSPS) is 13.2. The van der Waals surface area contributed by atoms with Gasteiger partial charge in [0.25, 0.3) is 0 Å². The summed E-state index contributed by atoms with van der Waals surface area (Å²) in [5.41, 5.74) is 2.30. The number of hydrogen-bond donors (Lipinski definition) is 0. The predicted molar refractivity (Wildman–Crippen MR) is 124 cm³/mol. The Morgan fingerprint density at radius 3 is 2.03 bits per heavy atom. The van der Waals surface area contributed by atoms with Crippen LogP contribution in [0.1, 0.15) is 83.6 Å². The van der Waals surface area contributed by atoms with Crippen molar-refractivity contribution in [3.8, 4) is 17.1 Å². The third kappa shape index (κ3) is 9.75. The number of unbranched alkanes of at least 4 members (excludes halogenated alkanes) is 7. The molecule has 0 amide bonds. The lowest BCUT2D eigenvalue weighted by Gasteiger charge is -2.12. The lowest BCUT2D eigenvalue weighted by Crippen LogP contribution is -2.19. The van der Waals surface area contributed by atoms with Crippen molar-refractivity contribution in [2.45, 2.75) is 96.8 Å². The van der Waals surface area contributed by atoms with Crippen LogP contribution in [0.2, 0.25) is 0 Å². The minimum Gasteiger partial charge on any atom is -0.490 e. The van der Waals surface area contributed by atoms with Crippen LogP contribution in [0, 0.1) is 0 Å². The first-order valence-corrected chi connectivity index (χ1v) is 12.0. The van der Waals surface area contributed by atoms with Gasteiger partial charge in [0, 0.05) is 12.0 Å². The number of aromatic nitrogens is 2. The number of ether oxygens (including phenoxy) is 1. The van der Waals surface area contributed by atoms with E-state index in [0.717, 1.165) is 12.0 Å². The zero-order chi connectivity index (χ0) is 22.3. The summed E-state index contributed by atoms with van der Waals surface area (Å²) in [6.07, 6.45) is 12.2. The fraction of sp³-hybridized carbons (Fsp3) is 0.615. The molecule has 2 unspecified atom stereocenters. The highest BCUT2D eigenvalue weighted by Gasteiger charge is 2.18. The number of halogens is 2. The van der Waals surface area contributed by atoms with E-state index < -0.39 is 12.3 Å². The topological polar surface area (TPSA) is 35.0 Å². The third-order valence-electron chi connectivity index (χ3n) is 5.60. The van der Waals surface area contributed by atoms with Gasteiger partial charge in [-0.2, -0.15) is 0 Å². The third-order valence-corrected chi connectivity index (χ3v) is 5.60. The lowest BCUT2D eigenvalue weighted by atomic mass is 10.0. The molecular formula is C26H38F2N2O. The molecule has 0 spiro atoms. The van der Waals surface area contributed by atoms with E-state index in [1.54, 1.807) is 19.3 Å². The van der Waals surface area contributed by atoms with Crippen LogP contribution in [0.5, 0.6) is 5.75 Å². The molecule has 0 aliphatic carbocycles. The van der Waals surface area contributed by atoms with Crippen molar-refractivity contribution >= 4 is 0 Å². The van der Waals surface area contributed by atoms with Crippen LogP contribution in [-0.4, -0.2) is 28.9 Å². The first-order chi connectivity index (χ1) is 15.1. The Bertz CT molecular complexity index is 706. The van der Waals surface area contributed by atoms with Crippen LogP contribution in [0.4, 0.5) is 8.78 Å². The average Bonchev–Trinajstić information content (AvgIpc) is 2.81. The molecule has 0 fully saturated rings. The van der Waals surface area contributed by atoms with E-state index in [4.69, 9.17) is 4.74 Å². The molecule has 1 aromatic carbocycles. The highest BCUT2D eigenvalue weighted by atomic mass is 19.2. The number of aryl methyl sites for hydroxylation is 1. The molecular weight excluding hydrogens is 394 g/mol. The summed E-state index contributed by atoms with van der Waals surface area (Å²) >= 11 is 0. The van der Waals surface area contributed by atoms with Crippen LogP contribution in [-0.2, 0) is 6.42 Å². The molecule has 1 aromatic heterocycles. The zero-order valence-electron chi connectivity index (χ0n) is 19.2. The Morgan fingerprint density at radius 2 is 1.42 bits per heavy atom. The van der Waals surface area contributed by atoms with Crippen molar-refractivity contribution in [2.75, 3.05) is 6.61 Å². The molecule has 2 aromatic rings. The number of nitrogens with zero attached hydrogens (tertiary/aromatic N) is 2. The van der Waals surface area contributed by atoms with E-state index >= 15 is 0 Å². The van der Waals surface area contributed by atoms with Gasteiger partial charge in [0.05, 0.1) is 19.0 Å². The van der Waals surface area contributed by atoms with Gasteiger partial charge in [-0.05, 0) is 24.8 Å². The van der Waals surface area contributed by atoms with E-state index in [9.17, 15) is 8.78 Å². The van der Waals surface area contributed by atoms with E-state index in [2.05, 4.69) is 41.2 Å². The van der Waals surface area contributed by atoms with Crippen molar-refractivity contribution in [3.63, 3.8) is 0 Å². The van der Waals surface area contributed by atoms with Gasteiger partial charge in [0.15, 0.2) is 11.6 Å². The Balaban J connectivity index is 1.70. The molecule has 2 atom stereocenters. The van der Waals surface area contributed by atoms with Crippen LogP contribution in [0.25, 0.3) is 11.4 Å². The van der Waals surface area contributed by atoms with Gasteiger partial charge in [0.1, 0.15) is 12.3 Å². The molecule has 0 radical (unpaired) electrons. The van der Waals surface area contributed by atoms with Crippen LogP contribution in [0.15, 0.2) is 36.7 Å². The molecule has 1 heterocycles. The number of hydrogen-bond acceptors (Lipinski definition) is 3. The Labute approximate surface area is 186 Å². The second-order valence-corrected chi connectivity index (χ2v) is 8.24. The number of alkyl halides is 2. The van der Waals surface area contributed by atoms with E-state index in [1.165, 1.54) is 56.9 Å². The smallest absolute Gasteiger partial charge is 0.159 e. The standard InChI is InChI=1S/C26H38F2N2O/c1-3-5-6-7-8-9-10-11-12-21-13-15-22(16-14-21)26-29-19-23(20-30-26)31-18-17-25(28)24(27)4-2/h13-16,19-20,24-25H,3-12,17-18H2,1-2H3. The molecule has 0 N–H and O–H groups in total. The maximum Gasteiger partial charge on any atom is 0.159 e. The largest absolute Gasteiger partial charge is 0.490 e. The maximum atomic E-state index is 13.5. The van der Waals surface area contributed by atoms with Gasteiger partial charge in [-0.25, -0.2) is 18.7 Å². The lowest BCUT2D eigenvalue weighted by molar-refractivity contribution is 0.133. The predicted octanol–water partition coefficient (Wildman–Crippen LogP) is 7.68. The molecule has 5 heteroatoms. The fourth-order valence-electron chi connectivity index (χ4n) is 3.55. The van der Waals surface area contributed by atoms with Crippen molar-refractivity contribution < 1.29 is 13.5 Å². The van der Waals surface area contributed by atoms with E-state index in [-0.39, 0.29) is 19.4 Å². The molecule has 0 aliphatic heterocycles. The van der Waals surface area contributed by atoms with Gasteiger partial charge in [-0.15, -0.1) is 0 Å². The number of rotatable bonds is 16. The van der Waals surface area contributed by atoms with Crippen LogP contribution in [0.3, 0.4) is 0 Å². The van der Waals surface area contributed by atoms with Crippen molar-refractivity contribution in [1.82, 2.24) is 9.97 Å². The van der Waals surface area contributed by atoms with Crippen LogP contribution < -0.4 is 4.74 Å². The second kappa shape index (κ2) is 14.9. The summed E-state index contributed by atoms with van der Waals surface area (Å²) in [7, 11) is 0.